The summed E-state index contributed by atoms with van der Waals surface area (Å²) in [7, 11) is 1.87. The molecule has 122 valence electrons. The molecule has 1 aliphatic heterocycles. The molecule has 1 saturated carbocycles. The summed E-state index contributed by atoms with van der Waals surface area (Å²) in [6.07, 6.45) is 5.55. The Hall–Kier alpha value is -0.640. The molecule has 1 aromatic heterocycles. The lowest BCUT2D eigenvalue weighted by Gasteiger charge is -2.57. The Morgan fingerprint density at radius 1 is 1.27 bits per heavy atom. The standard InChI is InChI=1S/C18H27ClN2O/c1-17(2,3)21-11-14-6-5-7-15(12-21)18(14,22-4)13-8-9-20-16(19)10-13/h8-10,14-15H,5-7,11-12H2,1-4H3/t14-,15+,18-. The lowest BCUT2D eigenvalue weighted by Crippen LogP contribution is -2.62. The van der Waals surface area contributed by atoms with Gasteiger partial charge in [-0.15, -0.1) is 0 Å². The molecule has 1 aliphatic carbocycles. The molecule has 0 spiro atoms. The smallest absolute Gasteiger partial charge is 0.129 e. The summed E-state index contributed by atoms with van der Waals surface area (Å²) in [5.74, 6) is 1.03. The van der Waals surface area contributed by atoms with Crippen LogP contribution in [0, 0.1) is 11.8 Å². The third-order valence-corrected chi connectivity index (χ3v) is 5.87. The first-order valence-corrected chi connectivity index (χ1v) is 8.68. The lowest BCUT2D eigenvalue weighted by atomic mass is 9.62. The second-order valence-corrected chi connectivity index (χ2v) is 8.15. The third kappa shape index (κ3) is 2.57. The fraction of sp³-hybridized carbons (Fsp3) is 0.722. The van der Waals surface area contributed by atoms with Gasteiger partial charge >= 0.3 is 0 Å². The molecule has 0 N–H and O–H groups in total. The molecule has 1 aromatic rings. The van der Waals surface area contributed by atoms with E-state index in [4.69, 9.17) is 16.3 Å². The molecule has 0 radical (unpaired) electrons. The maximum Gasteiger partial charge on any atom is 0.129 e. The second kappa shape index (κ2) is 5.77. The molecule has 22 heavy (non-hydrogen) atoms. The van der Waals surface area contributed by atoms with E-state index in [1.165, 1.54) is 24.8 Å². The van der Waals surface area contributed by atoms with Crippen molar-refractivity contribution in [3.05, 3.63) is 29.0 Å². The Labute approximate surface area is 139 Å². The zero-order valence-electron chi connectivity index (χ0n) is 14.1. The maximum absolute atomic E-state index is 6.23. The lowest BCUT2D eigenvalue weighted by molar-refractivity contribution is -0.179. The number of hydrogen-bond acceptors (Lipinski definition) is 3. The van der Waals surface area contributed by atoms with E-state index in [1.54, 1.807) is 0 Å². The van der Waals surface area contributed by atoms with Crippen molar-refractivity contribution in [2.45, 2.75) is 51.2 Å². The van der Waals surface area contributed by atoms with Crippen LogP contribution < -0.4 is 0 Å². The number of piperidine rings is 1. The van der Waals surface area contributed by atoms with Crippen LogP contribution in [0.3, 0.4) is 0 Å². The second-order valence-electron chi connectivity index (χ2n) is 7.77. The van der Waals surface area contributed by atoms with Crippen LogP contribution in [0.4, 0.5) is 0 Å². The topological polar surface area (TPSA) is 25.4 Å². The van der Waals surface area contributed by atoms with Crippen LogP contribution >= 0.6 is 11.6 Å². The molecule has 1 saturated heterocycles. The molecule has 2 aliphatic rings. The summed E-state index contributed by atoms with van der Waals surface area (Å²) in [6.45, 7) is 9.12. The van der Waals surface area contributed by atoms with Crippen LogP contribution in [0.5, 0.6) is 0 Å². The largest absolute Gasteiger partial charge is 0.373 e. The minimum absolute atomic E-state index is 0.202. The number of likely N-dealkylation sites (tertiary alicyclic amines) is 1. The first kappa shape index (κ1) is 16.2. The van der Waals surface area contributed by atoms with E-state index in [9.17, 15) is 0 Å². The van der Waals surface area contributed by atoms with Gasteiger partial charge in [0.2, 0.25) is 0 Å². The van der Waals surface area contributed by atoms with Crippen molar-refractivity contribution < 1.29 is 4.74 Å². The van der Waals surface area contributed by atoms with E-state index >= 15 is 0 Å². The highest BCUT2D eigenvalue weighted by Gasteiger charge is 2.54. The van der Waals surface area contributed by atoms with Gasteiger partial charge in [-0.05, 0) is 51.3 Å². The zero-order chi connectivity index (χ0) is 16.0. The highest BCUT2D eigenvalue weighted by Crippen LogP contribution is 2.52. The molecule has 3 rings (SSSR count). The minimum atomic E-state index is -0.202. The van der Waals surface area contributed by atoms with Gasteiger partial charge in [-0.25, -0.2) is 4.98 Å². The van der Waals surface area contributed by atoms with Crippen LogP contribution in [-0.2, 0) is 10.3 Å². The van der Waals surface area contributed by atoms with Gasteiger partial charge in [-0.3, -0.25) is 4.90 Å². The average molecular weight is 323 g/mol. The maximum atomic E-state index is 6.23. The molecule has 3 nitrogen and oxygen atoms in total. The van der Waals surface area contributed by atoms with Gasteiger partial charge in [0.25, 0.3) is 0 Å². The van der Waals surface area contributed by atoms with Crippen molar-refractivity contribution in [1.29, 1.82) is 0 Å². The molecule has 0 amide bonds. The number of rotatable bonds is 2. The number of methoxy groups -OCH3 is 1. The highest BCUT2D eigenvalue weighted by atomic mass is 35.5. The van der Waals surface area contributed by atoms with Crippen molar-refractivity contribution >= 4 is 11.6 Å². The van der Waals surface area contributed by atoms with Gasteiger partial charge in [0.1, 0.15) is 10.8 Å². The van der Waals surface area contributed by atoms with Crippen molar-refractivity contribution in [3.8, 4) is 0 Å². The predicted octanol–water partition coefficient (Wildman–Crippen LogP) is 4.11. The number of aromatic nitrogens is 1. The molecule has 2 heterocycles. The first-order valence-electron chi connectivity index (χ1n) is 8.30. The number of fused-ring (bicyclic) bond motifs is 2. The Kier molecular flexibility index (Phi) is 4.26. The van der Waals surface area contributed by atoms with Crippen LogP contribution in [0.1, 0.15) is 45.6 Å². The highest BCUT2D eigenvalue weighted by molar-refractivity contribution is 6.29. The third-order valence-electron chi connectivity index (χ3n) is 5.66. The van der Waals surface area contributed by atoms with E-state index in [-0.39, 0.29) is 11.1 Å². The van der Waals surface area contributed by atoms with E-state index in [0.717, 1.165) is 13.1 Å². The number of nitrogens with zero attached hydrogens (tertiary/aromatic N) is 2. The molecule has 2 fully saturated rings. The molecule has 3 atom stereocenters. The van der Waals surface area contributed by atoms with Crippen molar-refractivity contribution in [3.63, 3.8) is 0 Å². The summed E-state index contributed by atoms with van der Waals surface area (Å²) < 4.78 is 6.23. The van der Waals surface area contributed by atoms with E-state index in [2.05, 4.69) is 36.7 Å². The number of pyridine rings is 1. The number of halogens is 1. The van der Waals surface area contributed by atoms with Gasteiger partial charge in [0, 0.05) is 43.8 Å². The molecule has 0 unspecified atom stereocenters. The molecule has 2 bridgehead atoms. The minimum Gasteiger partial charge on any atom is -0.373 e. The molecular formula is C18H27ClN2O. The molecule has 0 aromatic carbocycles. The zero-order valence-corrected chi connectivity index (χ0v) is 14.9. The van der Waals surface area contributed by atoms with Crippen LogP contribution in [-0.4, -0.2) is 35.6 Å². The summed E-state index contributed by atoms with van der Waals surface area (Å²) in [4.78, 5) is 6.77. The average Bonchev–Trinajstić information content (AvgIpc) is 2.44. The van der Waals surface area contributed by atoms with E-state index in [1.807, 2.05) is 19.4 Å². The Balaban J connectivity index is 2.01. The van der Waals surface area contributed by atoms with Gasteiger partial charge in [0.15, 0.2) is 0 Å². The van der Waals surface area contributed by atoms with Crippen LogP contribution in [0.25, 0.3) is 0 Å². The monoisotopic (exact) mass is 322 g/mol. The van der Waals surface area contributed by atoms with Gasteiger partial charge in [0.05, 0.1) is 0 Å². The molecular weight excluding hydrogens is 296 g/mol. The van der Waals surface area contributed by atoms with E-state index < -0.39 is 0 Å². The Morgan fingerprint density at radius 2 is 1.91 bits per heavy atom. The number of hydrogen-bond donors (Lipinski definition) is 0. The SMILES string of the molecule is CO[C@]1(c2ccnc(Cl)c2)[C@@H]2CCC[C@H]1CN(C(C)(C)C)C2. The predicted molar refractivity (Wildman–Crippen MR) is 90.1 cm³/mol. The Morgan fingerprint density at radius 3 is 2.41 bits per heavy atom. The fourth-order valence-electron chi connectivity index (χ4n) is 4.55. The van der Waals surface area contributed by atoms with Crippen molar-refractivity contribution in [1.82, 2.24) is 9.88 Å². The summed E-state index contributed by atoms with van der Waals surface area (Å²) in [6, 6.07) is 4.09. The van der Waals surface area contributed by atoms with Crippen molar-refractivity contribution in [2.24, 2.45) is 11.8 Å². The first-order chi connectivity index (χ1) is 10.4. The van der Waals surface area contributed by atoms with Gasteiger partial charge in [-0.2, -0.15) is 0 Å². The van der Waals surface area contributed by atoms with Gasteiger partial charge in [-0.1, -0.05) is 18.0 Å². The summed E-state index contributed by atoms with van der Waals surface area (Å²) in [5, 5.41) is 0.560. The van der Waals surface area contributed by atoms with E-state index in [0.29, 0.717) is 17.0 Å². The Bertz CT molecular complexity index is 526. The summed E-state index contributed by atoms with van der Waals surface area (Å²) in [5.41, 5.74) is 1.22. The van der Waals surface area contributed by atoms with Crippen LogP contribution in [0.2, 0.25) is 5.15 Å². The normalized spacial score (nSPS) is 33.0. The quantitative estimate of drug-likeness (QED) is 0.766. The molecule has 4 heteroatoms. The number of ether oxygens (including phenoxy) is 1. The van der Waals surface area contributed by atoms with Gasteiger partial charge < -0.3 is 4.74 Å². The summed E-state index contributed by atoms with van der Waals surface area (Å²) >= 11 is 6.16. The van der Waals surface area contributed by atoms with Crippen molar-refractivity contribution in [2.75, 3.05) is 20.2 Å². The van der Waals surface area contributed by atoms with Crippen LogP contribution in [0.15, 0.2) is 18.3 Å². The fourth-order valence-corrected chi connectivity index (χ4v) is 4.72.